The van der Waals surface area contributed by atoms with Crippen molar-refractivity contribution in [3.05, 3.63) is 0 Å². The minimum absolute atomic E-state index is 1.19. The van der Waals surface area contributed by atoms with Crippen LogP contribution in [0, 0.1) is 0 Å². The molecule has 0 unspecified atom stereocenters. The molecule has 4 nitrogen and oxygen atoms in total. The predicted molar refractivity (Wildman–Crippen MR) is 46.7 cm³/mol. The van der Waals surface area contributed by atoms with Crippen LogP contribution in [0.4, 0.5) is 13.2 Å². The third-order valence-corrected chi connectivity index (χ3v) is 2.29. The Hall–Kier alpha value is -0.630. The van der Waals surface area contributed by atoms with Gasteiger partial charge in [-0.05, 0) is 6.92 Å². The standard InChI is InChI=1S/C6H12N.CHF3O3S/c1-2-7-5-3-4-6-7;2-1(3,4)8(5,6)7/h5H,2-4,6H2,1H3;(H,5,6,7)/q+1;/p-1. The van der Waals surface area contributed by atoms with Crippen molar-refractivity contribution in [3.8, 4) is 0 Å². The Balaban J connectivity index is 0.000000262. The second-order valence-electron chi connectivity index (χ2n) is 2.85. The largest absolute Gasteiger partial charge is 0.741 e. The highest BCUT2D eigenvalue weighted by Gasteiger charge is 2.36. The molecule has 1 rings (SSSR count). The lowest BCUT2D eigenvalue weighted by atomic mass is 10.4. The van der Waals surface area contributed by atoms with Crippen LogP contribution in [0.3, 0.4) is 0 Å². The van der Waals surface area contributed by atoms with E-state index in [2.05, 4.69) is 17.7 Å². The Morgan fingerprint density at radius 1 is 1.47 bits per heavy atom. The molecule has 0 atom stereocenters. The van der Waals surface area contributed by atoms with Gasteiger partial charge in [-0.2, -0.15) is 13.2 Å². The first kappa shape index (κ1) is 14.4. The van der Waals surface area contributed by atoms with Crippen molar-refractivity contribution >= 4 is 16.3 Å². The number of alkyl halides is 3. The maximum Gasteiger partial charge on any atom is 0.485 e. The van der Waals surface area contributed by atoms with Gasteiger partial charge in [-0.15, -0.1) is 0 Å². The summed E-state index contributed by atoms with van der Waals surface area (Å²) in [4.78, 5) is 0. The van der Waals surface area contributed by atoms with Crippen molar-refractivity contribution in [3.63, 3.8) is 0 Å². The van der Waals surface area contributed by atoms with Gasteiger partial charge in [-0.25, -0.2) is 13.0 Å². The van der Waals surface area contributed by atoms with Gasteiger partial charge in [-0.3, -0.25) is 0 Å². The van der Waals surface area contributed by atoms with E-state index in [1.54, 1.807) is 0 Å². The minimum Gasteiger partial charge on any atom is -0.741 e. The molecule has 0 radical (unpaired) electrons. The molecule has 0 aromatic rings. The SMILES string of the molecule is CC[N+]1=CCCC1.O=S(=O)([O-])C(F)(F)F. The first-order chi connectivity index (χ1) is 6.68. The van der Waals surface area contributed by atoms with E-state index >= 15 is 0 Å². The van der Waals surface area contributed by atoms with Gasteiger partial charge in [0, 0.05) is 12.8 Å². The Bertz CT molecular complexity index is 321. The van der Waals surface area contributed by atoms with Gasteiger partial charge in [-0.1, -0.05) is 0 Å². The summed E-state index contributed by atoms with van der Waals surface area (Å²) in [6.07, 6.45) is 4.96. The molecule has 0 spiro atoms. The smallest absolute Gasteiger partial charge is 0.485 e. The number of hydrogen-bond donors (Lipinski definition) is 0. The summed E-state index contributed by atoms with van der Waals surface area (Å²) in [5, 5.41) is 0. The van der Waals surface area contributed by atoms with E-state index in [-0.39, 0.29) is 0 Å². The van der Waals surface area contributed by atoms with Crippen LogP contribution in [-0.4, -0.2) is 42.4 Å². The molecule has 0 fully saturated rings. The van der Waals surface area contributed by atoms with E-state index in [0.29, 0.717) is 0 Å². The maximum atomic E-state index is 10.7. The molecule has 0 N–H and O–H groups in total. The summed E-state index contributed by atoms with van der Waals surface area (Å²) < 4.78 is 61.3. The molecule has 0 aromatic heterocycles. The van der Waals surface area contributed by atoms with E-state index in [9.17, 15) is 13.2 Å². The Morgan fingerprint density at radius 3 is 2.07 bits per heavy atom. The lowest BCUT2D eigenvalue weighted by Crippen LogP contribution is -2.21. The number of rotatable bonds is 1. The molecule has 0 aliphatic carbocycles. The molecule has 15 heavy (non-hydrogen) atoms. The number of nitrogens with zero attached hydrogens (tertiary/aromatic N) is 1. The topological polar surface area (TPSA) is 60.2 Å². The summed E-state index contributed by atoms with van der Waals surface area (Å²) >= 11 is 0. The maximum absolute atomic E-state index is 10.7. The summed E-state index contributed by atoms with van der Waals surface area (Å²) in [7, 11) is -6.09. The molecule has 0 saturated carbocycles. The zero-order valence-electron chi connectivity index (χ0n) is 8.12. The molecule has 1 heterocycles. The van der Waals surface area contributed by atoms with Crippen LogP contribution >= 0.6 is 0 Å². The lowest BCUT2D eigenvalue weighted by molar-refractivity contribution is -0.512. The molecule has 1 aliphatic rings. The molecular formula is C7H12F3NO3S. The first-order valence-electron chi connectivity index (χ1n) is 4.28. The average molecular weight is 247 g/mol. The van der Waals surface area contributed by atoms with E-state index in [4.69, 9.17) is 13.0 Å². The van der Waals surface area contributed by atoms with E-state index < -0.39 is 15.6 Å². The highest BCUT2D eigenvalue weighted by atomic mass is 32.2. The van der Waals surface area contributed by atoms with Crippen molar-refractivity contribution < 1.29 is 30.7 Å². The highest BCUT2D eigenvalue weighted by molar-refractivity contribution is 7.86. The van der Waals surface area contributed by atoms with Crippen LogP contribution in [0.25, 0.3) is 0 Å². The molecule has 90 valence electrons. The fourth-order valence-electron chi connectivity index (χ4n) is 0.947. The van der Waals surface area contributed by atoms with Crippen LogP contribution in [-0.2, 0) is 10.1 Å². The zero-order chi connectivity index (χ0) is 12.1. The second kappa shape index (κ2) is 5.45. The molecule has 8 heteroatoms. The van der Waals surface area contributed by atoms with Gasteiger partial charge in [0.15, 0.2) is 10.1 Å². The molecule has 0 bridgehead atoms. The second-order valence-corrected chi connectivity index (χ2v) is 4.22. The lowest BCUT2D eigenvalue weighted by Gasteiger charge is -2.08. The Kier molecular flexibility index (Phi) is 5.22. The van der Waals surface area contributed by atoms with E-state index in [1.807, 2.05) is 0 Å². The summed E-state index contributed by atoms with van der Waals surface area (Å²) in [5.41, 5.74) is -5.65. The van der Waals surface area contributed by atoms with E-state index in [0.717, 1.165) is 0 Å². The van der Waals surface area contributed by atoms with E-state index in [1.165, 1.54) is 25.9 Å². The molecule has 0 saturated heterocycles. The fourth-order valence-corrected chi connectivity index (χ4v) is 0.947. The summed E-state index contributed by atoms with van der Waals surface area (Å²) in [6, 6.07) is 0. The summed E-state index contributed by atoms with van der Waals surface area (Å²) in [5.74, 6) is 0. The average Bonchev–Trinajstić information content (AvgIpc) is 2.52. The number of hydrogen-bond acceptors (Lipinski definition) is 3. The third kappa shape index (κ3) is 5.73. The van der Waals surface area contributed by atoms with Crippen molar-refractivity contribution in [1.29, 1.82) is 0 Å². The third-order valence-electron chi connectivity index (χ3n) is 1.73. The molecular weight excluding hydrogens is 235 g/mol. The van der Waals surface area contributed by atoms with Gasteiger partial charge >= 0.3 is 5.51 Å². The Morgan fingerprint density at radius 2 is 1.93 bits per heavy atom. The van der Waals surface area contributed by atoms with Crippen molar-refractivity contribution in [2.45, 2.75) is 25.3 Å². The van der Waals surface area contributed by atoms with Crippen LogP contribution in [0.2, 0.25) is 0 Å². The van der Waals surface area contributed by atoms with Gasteiger partial charge in [0.1, 0.15) is 19.3 Å². The zero-order valence-corrected chi connectivity index (χ0v) is 8.94. The van der Waals surface area contributed by atoms with Crippen LogP contribution in [0.5, 0.6) is 0 Å². The Labute approximate surface area is 86.2 Å². The van der Waals surface area contributed by atoms with Gasteiger partial charge in [0.05, 0.1) is 0 Å². The van der Waals surface area contributed by atoms with Crippen LogP contribution in [0.15, 0.2) is 0 Å². The highest BCUT2D eigenvalue weighted by Crippen LogP contribution is 2.20. The van der Waals surface area contributed by atoms with Gasteiger partial charge in [0.2, 0.25) is 0 Å². The first-order valence-corrected chi connectivity index (χ1v) is 5.69. The van der Waals surface area contributed by atoms with Crippen molar-refractivity contribution in [2.75, 3.05) is 13.1 Å². The van der Waals surface area contributed by atoms with Crippen molar-refractivity contribution in [1.82, 2.24) is 0 Å². The minimum atomic E-state index is -6.09. The predicted octanol–water partition coefficient (Wildman–Crippen LogP) is 0.935. The van der Waals surface area contributed by atoms with Crippen LogP contribution < -0.4 is 0 Å². The van der Waals surface area contributed by atoms with Crippen LogP contribution in [0.1, 0.15) is 19.8 Å². The monoisotopic (exact) mass is 247 g/mol. The quantitative estimate of drug-likeness (QED) is 0.393. The number of halogens is 3. The summed E-state index contributed by atoms with van der Waals surface area (Å²) in [6.45, 7) is 4.68. The van der Waals surface area contributed by atoms with Gasteiger partial charge < -0.3 is 4.55 Å². The fraction of sp³-hybridized carbons (Fsp3) is 0.857. The van der Waals surface area contributed by atoms with Gasteiger partial charge in [0.25, 0.3) is 0 Å². The molecule has 0 amide bonds. The normalized spacial score (nSPS) is 16.7. The molecule has 0 aromatic carbocycles. The molecule has 1 aliphatic heterocycles. The van der Waals surface area contributed by atoms with Crippen molar-refractivity contribution in [2.24, 2.45) is 0 Å².